The fourth-order valence-corrected chi connectivity index (χ4v) is 5.93. The highest BCUT2D eigenvalue weighted by atomic mass is 16.5. The monoisotopic (exact) mass is 530 g/mol. The highest BCUT2D eigenvalue weighted by Crippen LogP contribution is 2.34. The Bertz CT molecular complexity index is 1170. The molecule has 39 heavy (non-hydrogen) atoms. The normalized spacial score (nSPS) is 23.4. The van der Waals surface area contributed by atoms with Gasteiger partial charge < -0.3 is 24.8 Å². The summed E-state index contributed by atoms with van der Waals surface area (Å²) in [6.45, 7) is 8.76. The molecule has 2 aromatic carbocycles. The smallest absolute Gasteiger partial charge is 0.289 e. The van der Waals surface area contributed by atoms with Gasteiger partial charge in [0.25, 0.3) is 11.8 Å². The number of hydrogen-bond donors (Lipinski definition) is 1. The largest absolute Gasteiger partial charge is 0.482 e. The summed E-state index contributed by atoms with van der Waals surface area (Å²) in [5, 5.41) is 3.04. The van der Waals surface area contributed by atoms with Crippen molar-refractivity contribution in [3.05, 3.63) is 76.5 Å². The molecule has 2 saturated heterocycles. The predicted molar refractivity (Wildman–Crippen MR) is 154 cm³/mol. The number of benzene rings is 2. The molecule has 1 saturated carbocycles. The van der Waals surface area contributed by atoms with E-state index in [1.165, 1.54) is 5.56 Å². The van der Waals surface area contributed by atoms with Crippen LogP contribution in [-0.4, -0.2) is 85.0 Å². The molecule has 2 aliphatic heterocycles. The van der Waals surface area contributed by atoms with Crippen LogP contribution in [0.1, 0.15) is 59.2 Å². The van der Waals surface area contributed by atoms with Crippen LogP contribution in [0.25, 0.3) is 6.08 Å². The van der Waals surface area contributed by atoms with E-state index >= 15 is 0 Å². The van der Waals surface area contributed by atoms with Gasteiger partial charge in [-0.05, 0) is 75.5 Å². The maximum absolute atomic E-state index is 13.6. The zero-order valence-corrected chi connectivity index (χ0v) is 23.4. The number of morpholine rings is 1. The van der Waals surface area contributed by atoms with Gasteiger partial charge in [-0.25, -0.2) is 0 Å². The molecule has 2 aromatic rings. The Hall–Kier alpha value is -3.16. The Labute approximate surface area is 232 Å². The number of likely N-dealkylation sites (N-methyl/N-ethyl adjacent to an activating group) is 1. The molecule has 7 heteroatoms. The Morgan fingerprint density at radius 3 is 2.59 bits per heavy atom. The number of rotatable bonds is 8. The first-order valence-electron chi connectivity index (χ1n) is 14.5. The maximum Gasteiger partial charge on any atom is 0.289 e. The lowest BCUT2D eigenvalue weighted by Crippen LogP contribution is -2.54. The van der Waals surface area contributed by atoms with Crippen LogP contribution < -0.4 is 5.32 Å². The Kier molecular flexibility index (Phi) is 8.99. The first-order chi connectivity index (χ1) is 19.0. The van der Waals surface area contributed by atoms with Crippen molar-refractivity contribution < 1.29 is 14.3 Å². The number of amides is 2. The van der Waals surface area contributed by atoms with E-state index in [0.717, 1.165) is 76.0 Å². The van der Waals surface area contributed by atoms with Crippen LogP contribution in [0.5, 0.6) is 0 Å². The molecule has 7 nitrogen and oxygen atoms in total. The van der Waals surface area contributed by atoms with Gasteiger partial charge in [-0.2, -0.15) is 0 Å². The minimum atomic E-state index is -0.0630. The molecule has 3 aliphatic rings. The predicted octanol–water partition coefficient (Wildman–Crippen LogP) is 4.07. The van der Waals surface area contributed by atoms with E-state index in [1.54, 1.807) is 0 Å². The summed E-state index contributed by atoms with van der Waals surface area (Å²) < 4.78 is 6.28. The summed E-state index contributed by atoms with van der Waals surface area (Å²) in [6.07, 6.45) is 7.00. The van der Waals surface area contributed by atoms with Crippen molar-refractivity contribution in [3.8, 4) is 0 Å². The zero-order valence-electron chi connectivity index (χ0n) is 23.4. The molecule has 1 N–H and O–H groups in total. The van der Waals surface area contributed by atoms with Gasteiger partial charge in [-0.1, -0.05) is 48.4 Å². The van der Waals surface area contributed by atoms with Crippen molar-refractivity contribution in [2.24, 2.45) is 0 Å². The van der Waals surface area contributed by atoms with Crippen LogP contribution in [0.15, 0.2) is 54.3 Å². The third-order valence-electron chi connectivity index (χ3n) is 8.26. The quantitative estimate of drug-likeness (QED) is 0.412. The van der Waals surface area contributed by atoms with Gasteiger partial charge in [-0.3, -0.25) is 9.59 Å². The van der Waals surface area contributed by atoms with Crippen LogP contribution in [0.4, 0.5) is 0 Å². The molecule has 1 aliphatic carbocycles. The highest BCUT2D eigenvalue weighted by Gasteiger charge is 2.41. The summed E-state index contributed by atoms with van der Waals surface area (Å²) in [7, 11) is 2.16. The van der Waals surface area contributed by atoms with E-state index < -0.39 is 0 Å². The van der Waals surface area contributed by atoms with E-state index in [2.05, 4.69) is 53.4 Å². The average molecular weight is 531 g/mol. The van der Waals surface area contributed by atoms with Gasteiger partial charge in [0.1, 0.15) is 6.10 Å². The van der Waals surface area contributed by atoms with Crippen LogP contribution in [0, 0.1) is 6.92 Å². The van der Waals surface area contributed by atoms with Gasteiger partial charge in [0.15, 0.2) is 5.76 Å². The second kappa shape index (κ2) is 12.8. The standard InChI is InChI=1S/C32H42N4O3/c1-24-7-5-8-26(21-24)23-36-28-9-3-4-10-29(28)39-30(32(36)38)22-25-11-13-27(14-12-25)31(37)33-15-6-16-35-19-17-34(2)18-20-35/h5,7-8,11-14,21-22,28-29H,3-4,6,9-10,15-20,23H2,1-2H3,(H,33,37)/b30-22+. The number of piperazine rings is 1. The molecule has 2 unspecified atom stereocenters. The van der Waals surface area contributed by atoms with Crippen molar-refractivity contribution in [1.82, 2.24) is 20.0 Å². The van der Waals surface area contributed by atoms with Crippen molar-refractivity contribution >= 4 is 17.9 Å². The van der Waals surface area contributed by atoms with Crippen molar-refractivity contribution in [2.45, 2.75) is 57.7 Å². The van der Waals surface area contributed by atoms with Crippen molar-refractivity contribution in [2.75, 3.05) is 46.3 Å². The summed E-state index contributed by atoms with van der Waals surface area (Å²) in [5.41, 5.74) is 3.83. The van der Waals surface area contributed by atoms with Crippen LogP contribution in [0.3, 0.4) is 0 Å². The molecular formula is C32H42N4O3. The fraction of sp³-hybridized carbons (Fsp3) is 0.500. The second-order valence-electron chi connectivity index (χ2n) is 11.3. The van der Waals surface area contributed by atoms with Crippen LogP contribution >= 0.6 is 0 Å². The SMILES string of the molecule is Cc1cccc(CN2C(=O)/C(=C\c3ccc(C(=O)NCCCN4CCN(C)CC4)cc3)OC3CCCCC32)c1. The lowest BCUT2D eigenvalue weighted by Gasteiger charge is -2.44. The van der Waals surface area contributed by atoms with E-state index in [-0.39, 0.29) is 24.0 Å². The number of ether oxygens (including phenoxy) is 1. The van der Waals surface area contributed by atoms with Crippen molar-refractivity contribution in [3.63, 3.8) is 0 Å². The van der Waals surface area contributed by atoms with Gasteiger partial charge in [0.05, 0.1) is 6.04 Å². The minimum Gasteiger partial charge on any atom is -0.482 e. The molecule has 0 radical (unpaired) electrons. The summed E-state index contributed by atoms with van der Waals surface area (Å²) in [5.74, 6) is 0.278. The number of hydrogen-bond acceptors (Lipinski definition) is 5. The molecule has 5 rings (SSSR count). The number of carbonyl (C=O) groups excluding carboxylic acids is 2. The lowest BCUT2D eigenvalue weighted by atomic mass is 9.89. The molecule has 208 valence electrons. The number of nitrogens with one attached hydrogen (secondary N) is 1. The molecule has 2 amide bonds. The topological polar surface area (TPSA) is 65.1 Å². The number of fused-ring (bicyclic) bond motifs is 1. The lowest BCUT2D eigenvalue weighted by molar-refractivity contribution is -0.149. The molecule has 0 aromatic heterocycles. The molecule has 3 fully saturated rings. The van der Waals surface area contributed by atoms with Crippen LogP contribution in [-0.2, 0) is 16.1 Å². The van der Waals surface area contributed by atoms with E-state index in [9.17, 15) is 9.59 Å². The third-order valence-corrected chi connectivity index (χ3v) is 8.26. The Balaban J connectivity index is 1.19. The Morgan fingerprint density at radius 1 is 1.05 bits per heavy atom. The molecule has 2 atom stereocenters. The van der Waals surface area contributed by atoms with Gasteiger partial charge in [-0.15, -0.1) is 0 Å². The zero-order chi connectivity index (χ0) is 27.2. The average Bonchev–Trinajstić information content (AvgIpc) is 2.94. The van der Waals surface area contributed by atoms with E-state index in [4.69, 9.17) is 4.74 Å². The van der Waals surface area contributed by atoms with Gasteiger partial charge >= 0.3 is 0 Å². The maximum atomic E-state index is 13.6. The third kappa shape index (κ3) is 7.08. The van der Waals surface area contributed by atoms with Crippen molar-refractivity contribution in [1.29, 1.82) is 0 Å². The summed E-state index contributed by atoms with van der Waals surface area (Å²) >= 11 is 0. The molecule has 0 bridgehead atoms. The number of nitrogens with zero attached hydrogens (tertiary/aromatic N) is 3. The molecule has 2 heterocycles. The highest BCUT2D eigenvalue weighted by molar-refractivity contribution is 5.97. The number of carbonyl (C=O) groups is 2. The first kappa shape index (κ1) is 27.4. The van der Waals surface area contributed by atoms with Gasteiger partial charge in [0, 0.05) is 44.8 Å². The molecule has 0 spiro atoms. The molecular weight excluding hydrogens is 488 g/mol. The Morgan fingerprint density at radius 2 is 1.82 bits per heavy atom. The van der Waals surface area contributed by atoms with E-state index in [0.29, 0.717) is 24.4 Å². The van der Waals surface area contributed by atoms with Gasteiger partial charge in [0.2, 0.25) is 0 Å². The second-order valence-corrected chi connectivity index (χ2v) is 11.3. The summed E-state index contributed by atoms with van der Waals surface area (Å²) in [6, 6.07) is 15.9. The van der Waals surface area contributed by atoms with Crippen LogP contribution in [0.2, 0.25) is 0 Å². The minimum absolute atomic E-state index is 0.0309. The number of aryl methyl sites for hydroxylation is 1. The van der Waals surface area contributed by atoms with E-state index in [1.807, 2.05) is 35.2 Å². The first-order valence-corrected chi connectivity index (χ1v) is 14.5. The fourth-order valence-electron chi connectivity index (χ4n) is 5.93. The summed E-state index contributed by atoms with van der Waals surface area (Å²) in [4.78, 5) is 33.1.